The van der Waals surface area contributed by atoms with E-state index < -0.39 is 6.09 Å². The molecular weight excluding hydrogens is 358 g/mol. The molecule has 1 aliphatic carbocycles. The zero-order chi connectivity index (χ0) is 20.4. The van der Waals surface area contributed by atoms with Crippen LogP contribution in [0.1, 0.15) is 77.5 Å². The first-order chi connectivity index (χ1) is 13.5. The molecule has 1 unspecified atom stereocenters. The molecule has 1 N–H and O–H groups in total. The van der Waals surface area contributed by atoms with Crippen molar-refractivity contribution in [2.75, 3.05) is 13.3 Å². The maximum absolute atomic E-state index is 11.5. The highest BCUT2D eigenvalue weighted by atomic mass is 16.7. The topological polar surface area (TPSA) is 82.5 Å². The molecule has 0 saturated heterocycles. The summed E-state index contributed by atoms with van der Waals surface area (Å²) in [6.45, 7) is 5.86. The molecule has 28 heavy (non-hydrogen) atoms. The number of nitrogens with zero attached hydrogens (tertiary/aromatic N) is 2. The Hall–Kier alpha value is -2.05. The zero-order valence-corrected chi connectivity index (χ0v) is 17.5. The highest BCUT2D eigenvalue weighted by molar-refractivity contribution is 5.71. The molecule has 7 nitrogen and oxygen atoms in total. The molecule has 0 radical (unpaired) electrons. The van der Waals surface area contributed by atoms with Crippen LogP contribution in [0, 0.1) is 11.8 Å². The lowest BCUT2D eigenvalue weighted by Gasteiger charge is -2.22. The molecule has 1 aromatic rings. The Kier molecular flexibility index (Phi) is 9.31. The van der Waals surface area contributed by atoms with Gasteiger partial charge in [-0.1, -0.05) is 40.0 Å². The summed E-state index contributed by atoms with van der Waals surface area (Å²) in [4.78, 5) is 27.4. The summed E-state index contributed by atoms with van der Waals surface area (Å²) in [7, 11) is 0. The van der Waals surface area contributed by atoms with E-state index >= 15 is 0 Å². The predicted octanol–water partition coefficient (Wildman–Crippen LogP) is 4.23. The molecule has 0 bridgehead atoms. The molecule has 1 atom stereocenters. The number of aromatic nitrogens is 2. The number of ether oxygens (including phenoxy) is 2. The number of imidazole rings is 1. The Balaban J connectivity index is 1.56. The van der Waals surface area contributed by atoms with Crippen LogP contribution in [-0.4, -0.2) is 35.0 Å². The van der Waals surface area contributed by atoms with Gasteiger partial charge in [-0.25, -0.2) is 9.78 Å². The van der Waals surface area contributed by atoms with E-state index in [4.69, 9.17) is 9.47 Å². The first-order valence-corrected chi connectivity index (χ1v) is 10.5. The molecule has 1 amide bonds. The van der Waals surface area contributed by atoms with Gasteiger partial charge in [0.15, 0.2) is 0 Å². The Morgan fingerprint density at radius 1 is 1.21 bits per heavy atom. The van der Waals surface area contributed by atoms with Gasteiger partial charge in [0.25, 0.3) is 0 Å². The average Bonchev–Trinajstić information content (AvgIpc) is 3.14. The highest BCUT2D eigenvalue weighted by Gasteiger charge is 2.16. The largest absolute Gasteiger partial charge is 0.428 e. The number of hydrogen-bond donors (Lipinski definition) is 1. The molecule has 0 aliphatic heterocycles. The fraction of sp³-hybridized carbons (Fsp3) is 0.762. The lowest BCUT2D eigenvalue weighted by Crippen LogP contribution is -2.27. The molecule has 1 aromatic heterocycles. The van der Waals surface area contributed by atoms with Gasteiger partial charge in [-0.05, 0) is 38.0 Å². The summed E-state index contributed by atoms with van der Waals surface area (Å²) in [6, 6.07) is 0.625. The molecule has 1 fully saturated rings. The van der Waals surface area contributed by atoms with Gasteiger partial charge in [0, 0.05) is 18.8 Å². The second kappa shape index (κ2) is 11.7. The van der Waals surface area contributed by atoms with Crippen molar-refractivity contribution in [3.8, 4) is 0 Å². The number of carbonyl (C=O) groups excluding carboxylic acids is 2. The fourth-order valence-corrected chi connectivity index (χ4v) is 3.52. The van der Waals surface area contributed by atoms with Gasteiger partial charge >= 0.3 is 12.1 Å². The fourth-order valence-electron chi connectivity index (χ4n) is 3.52. The van der Waals surface area contributed by atoms with Crippen molar-refractivity contribution in [1.29, 1.82) is 0 Å². The first-order valence-electron chi connectivity index (χ1n) is 10.5. The molecule has 1 heterocycles. The van der Waals surface area contributed by atoms with Crippen molar-refractivity contribution in [2.24, 2.45) is 11.8 Å². The van der Waals surface area contributed by atoms with Gasteiger partial charge < -0.3 is 19.4 Å². The van der Waals surface area contributed by atoms with Crippen LogP contribution in [0.2, 0.25) is 0 Å². The van der Waals surface area contributed by atoms with Crippen LogP contribution in [0.25, 0.3) is 0 Å². The quantitative estimate of drug-likeness (QED) is 0.365. The van der Waals surface area contributed by atoms with Gasteiger partial charge in [-0.2, -0.15) is 0 Å². The van der Waals surface area contributed by atoms with Gasteiger partial charge in [-0.15, -0.1) is 0 Å². The lowest BCUT2D eigenvalue weighted by molar-refractivity contribution is -0.155. The Morgan fingerprint density at radius 3 is 2.68 bits per heavy atom. The minimum Gasteiger partial charge on any atom is -0.428 e. The molecule has 1 saturated carbocycles. The van der Waals surface area contributed by atoms with Crippen molar-refractivity contribution in [3.05, 3.63) is 18.2 Å². The SMILES string of the molecule is CC(CCCNC(=O)OCOC(=O)C(C)C)Cc1cn(C2CCCCC2)cn1. The minimum atomic E-state index is -0.560. The number of alkyl carbamates (subject to hydrolysis) is 1. The van der Waals surface area contributed by atoms with Crippen molar-refractivity contribution >= 4 is 12.1 Å². The van der Waals surface area contributed by atoms with Crippen molar-refractivity contribution in [2.45, 2.75) is 78.2 Å². The van der Waals surface area contributed by atoms with E-state index in [0.717, 1.165) is 25.0 Å². The normalized spacial score (nSPS) is 16.0. The zero-order valence-electron chi connectivity index (χ0n) is 17.5. The standard InChI is InChI=1S/C21H35N3O4/c1-16(2)20(25)27-15-28-21(26)22-11-7-8-17(3)12-18-13-24(14-23-18)19-9-5-4-6-10-19/h13-14,16-17,19H,4-12,15H2,1-3H3,(H,22,26). The molecule has 7 heteroatoms. The minimum absolute atomic E-state index is 0.234. The van der Waals surface area contributed by atoms with E-state index in [1.807, 2.05) is 6.33 Å². The number of rotatable bonds is 10. The van der Waals surface area contributed by atoms with Crippen LogP contribution in [0.3, 0.4) is 0 Å². The van der Waals surface area contributed by atoms with Crippen LogP contribution in [0.5, 0.6) is 0 Å². The summed E-state index contributed by atoms with van der Waals surface area (Å²) in [5.41, 5.74) is 1.15. The van der Waals surface area contributed by atoms with Crippen molar-refractivity contribution in [3.63, 3.8) is 0 Å². The molecule has 158 valence electrons. The van der Waals surface area contributed by atoms with Crippen LogP contribution in [0.4, 0.5) is 4.79 Å². The highest BCUT2D eigenvalue weighted by Crippen LogP contribution is 2.28. The average molecular weight is 394 g/mol. The third-order valence-corrected chi connectivity index (χ3v) is 5.21. The van der Waals surface area contributed by atoms with E-state index in [9.17, 15) is 9.59 Å². The van der Waals surface area contributed by atoms with Crippen LogP contribution < -0.4 is 5.32 Å². The van der Waals surface area contributed by atoms with Crippen molar-refractivity contribution in [1.82, 2.24) is 14.9 Å². The monoisotopic (exact) mass is 393 g/mol. The molecule has 1 aliphatic rings. The van der Waals surface area contributed by atoms with E-state index in [2.05, 4.69) is 28.0 Å². The Bertz CT molecular complexity index is 609. The summed E-state index contributed by atoms with van der Waals surface area (Å²) in [5, 5.41) is 2.68. The molecule has 0 aromatic carbocycles. The van der Waals surface area contributed by atoms with E-state index in [1.54, 1.807) is 13.8 Å². The maximum Gasteiger partial charge on any atom is 0.410 e. The van der Waals surface area contributed by atoms with E-state index in [0.29, 0.717) is 18.5 Å². The second-order valence-corrected chi connectivity index (χ2v) is 8.15. The number of amides is 1. The number of esters is 1. The third kappa shape index (κ3) is 7.90. The molecule has 0 spiro atoms. The number of nitrogens with one attached hydrogen (secondary N) is 1. The summed E-state index contributed by atoms with van der Waals surface area (Å²) < 4.78 is 11.9. The third-order valence-electron chi connectivity index (χ3n) is 5.21. The van der Waals surface area contributed by atoms with Gasteiger partial charge in [0.2, 0.25) is 6.79 Å². The first kappa shape index (κ1) is 22.2. The van der Waals surface area contributed by atoms with Gasteiger partial charge in [0.1, 0.15) is 0 Å². The maximum atomic E-state index is 11.5. The smallest absolute Gasteiger partial charge is 0.410 e. The summed E-state index contributed by atoms with van der Waals surface area (Å²) in [6.07, 6.45) is 13.0. The van der Waals surface area contributed by atoms with Crippen molar-refractivity contribution < 1.29 is 19.1 Å². The van der Waals surface area contributed by atoms with Crippen LogP contribution in [0.15, 0.2) is 12.5 Å². The van der Waals surface area contributed by atoms with E-state index in [-0.39, 0.29) is 18.7 Å². The number of hydrogen-bond acceptors (Lipinski definition) is 5. The summed E-state index contributed by atoms with van der Waals surface area (Å²) in [5.74, 6) is -0.116. The Morgan fingerprint density at radius 2 is 1.96 bits per heavy atom. The van der Waals surface area contributed by atoms with Crippen LogP contribution >= 0.6 is 0 Å². The second-order valence-electron chi connectivity index (χ2n) is 8.15. The number of carbonyl (C=O) groups is 2. The van der Waals surface area contributed by atoms with Crippen LogP contribution in [-0.2, 0) is 20.7 Å². The summed E-state index contributed by atoms with van der Waals surface area (Å²) >= 11 is 0. The Labute approximate surface area is 168 Å². The predicted molar refractivity (Wildman–Crippen MR) is 107 cm³/mol. The molecular formula is C21H35N3O4. The van der Waals surface area contributed by atoms with Gasteiger partial charge in [0.05, 0.1) is 17.9 Å². The van der Waals surface area contributed by atoms with Gasteiger partial charge in [-0.3, -0.25) is 4.79 Å². The molecule has 2 rings (SSSR count). The lowest BCUT2D eigenvalue weighted by atomic mass is 9.95. The van der Waals surface area contributed by atoms with E-state index in [1.165, 1.54) is 32.1 Å².